The first kappa shape index (κ1) is 19.1. The monoisotopic (exact) mass is 381 g/mol. The number of hydrogen-bond acceptors (Lipinski definition) is 6. The molecular weight excluding hydrogens is 362 g/mol. The lowest BCUT2D eigenvalue weighted by Gasteiger charge is -2.32. The van der Waals surface area contributed by atoms with Crippen LogP contribution in [-0.2, 0) is 14.3 Å². The van der Waals surface area contributed by atoms with E-state index < -0.39 is 22.3 Å². The lowest BCUT2D eigenvalue weighted by Crippen LogP contribution is -2.51. The van der Waals surface area contributed by atoms with Crippen LogP contribution in [0.4, 0.5) is 17.1 Å². The van der Waals surface area contributed by atoms with Crippen molar-refractivity contribution in [1.82, 2.24) is 0 Å². The summed E-state index contributed by atoms with van der Waals surface area (Å²) in [4.78, 5) is 37.4. The van der Waals surface area contributed by atoms with Crippen molar-refractivity contribution in [2.75, 3.05) is 16.8 Å². The van der Waals surface area contributed by atoms with Gasteiger partial charge in [0.25, 0.3) is 11.6 Å². The van der Waals surface area contributed by atoms with Gasteiger partial charge in [0, 0.05) is 23.5 Å². The first-order chi connectivity index (χ1) is 13.4. The predicted molar refractivity (Wildman–Crippen MR) is 104 cm³/mol. The van der Waals surface area contributed by atoms with Crippen molar-refractivity contribution in [1.29, 1.82) is 0 Å². The summed E-state index contributed by atoms with van der Waals surface area (Å²) in [5.41, 5.74) is -0.142. The molecule has 0 saturated carbocycles. The van der Waals surface area contributed by atoms with Gasteiger partial charge in [-0.3, -0.25) is 19.8 Å². The largest absolute Gasteiger partial charge is 0.464 e. The smallest absolute Gasteiger partial charge is 0.336 e. The SMILES string of the molecule is CCOC(=O)[C@]1(C)C=C(Nc2ccc([N+](=O)[O-])cc2)C(=O)N1c1ccccc1. The van der Waals surface area contributed by atoms with Gasteiger partial charge in [0.05, 0.1) is 11.5 Å². The van der Waals surface area contributed by atoms with Crippen LogP contribution < -0.4 is 10.2 Å². The highest BCUT2D eigenvalue weighted by Crippen LogP contribution is 2.35. The van der Waals surface area contributed by atoms with Crippen molar-refractivity contribution in [3.8, 4) is 0 Å². The minimum absolute atomic E-state index is 0.0560. The zero-order valence-corrected chi connectivity index (χ0v) is 15.4. The number of carbonyl (C=O) groups excluding carboxylic acids is 2. The Hall–Kier alpha value is -3.68. The molecule has 1 aliphatic rings. The average Bonchev–Trinajstić information content (AvgIpc) is 2.94. The molecule has 0 aliphatic carbocycles. The summed E-state index contributed by atoms with van der Waals surface area (Å²) in [6.45, 7) is 3.50. The summed E-state index contributed by atoms with van der Waals surface area (Å²) < 4.78 is 5.19. The molecule has 8 nitrogen and oxygen atoms in total. The first-order valence-electron chi connectivity index (χ1n) is 8.68. The molecule has 0 unspecified atom stereocenters. The first-order valence-corrected chi connectivity index (χ1v) is 8.68. The van der Waals surface area contributed by atoms with Crippen molar-refractivity contribution in [3.05, 3.63) is 76.5 Å². The molecule has 0 bridgehead atoms. The van der Waals surface area contributed by atoms with Crippen LogP contribution in [0.5, 0.6) is 0 Å². The Morgan fingerprint density at radius 2 is 1.82 bits per heavy atom. The Morgan fingerprint density at radius 1 is 1.18 bits per heavy atom. The number of ether oxygens (including phenoxy) is 1. The van der Waals surface area contributed by atoms with Crippen molar-refractivity contribution in [3.63, 3.8) is 0 Å². The van der Waals surface area contributed by atoms with Crippen molar-refractivity contribution in [2.45, 2.75) is 19.4 Å². The van der Waals surface area contributed by atoms with Crippen molar-refractivity contribution >= 4 is 28.9 Å². The molecule has 0 fully saturated rings. The fourth-order valence-corrected chi connectivity index (χ4v) is 3.04. The van der Waals surface area contributed by atoms with Crippen LogP contribution in [0.3, 0.4) is 0 Å². The number of esters is 1. The zero-order valence-electron chi connectivity index (χ0n) is 15.4. The number of anilines is 2. The van der Waals surface area contributed by atoms with Gasteiger partial charge in [-0.15, -0.1) is 0 Å². The molecule has 1 aliphatic heterocycles. The second-order valence-electron chi connectivity index (χ2n) is 6.33. The number of hydrogen-bond donors (Lipinski definition) is 1. The summed E-state index contributed by atoms with van der Waals surface area (Å²) in [5, 5.41) is 13.7. The van der Waals surface area contributed by atoms with Crippen LogP contribution in [0, 0.1) is 10.1 Å². The third-order valence-corrected chi connectivity index (χ3v) is 4.38. The highest BCUT2D eigenvalue weighted by atomic mass is 16.6. The Balaban J connectivity index is 1.96. The number of para-hydroxylation sites is 1. The summed E-state index contributed by atoms with van der Waals surface area (Å²) in [7, 11) is 0. The van der Waals surface area contributed by atoms with Gasteiger partial charge in [0.1, 0.15) is 5.70 Å². The van der Waals surface area contributed by atoms with E-state index in [1.54, 1.807) is 38.1 Å². The Bertz CT molecular complexity index is 940. The third kappa shape index (κ3) is 3.44. The van der Waals surface area contributed by atoms with Crippen molar-refractivity contribution in [2.24, 2.45) is 0 Å². The summed E-state index contributed by atoms with van der Waals surface area (Å²) in [6.07, 6.45) is 1.52. The normalized spacial score (nSPS) is 18.6. The topological polar surface area (TPSA) is 102 Å². The lowest BCUT2D eigenvalue weighted by atomic mass is 10.0. The molecule has 2 aromatic carbocycles. The van der Waals surface area contributed by atoms with E-state index in [4.69, 9.17) is 4.74 Å². The molecule has 0 radical (unpaired) electrons. The van der Waals surface area contributed by atoms with Gasteiger partial charge >= 0.3 is 5.97 Å². The van der Waals surface area contributed by atoms with E-state index >= 15 is 0 Å². The average molecular weight is 381 g/mol. The quantitative estimate of drug-likeness (QED) is 0.468. The van der Waals surface area contributed by atoms with Crippen LogP contribution in [0.2, 0.25) is 0 Å². The standard InChI is InChI=1S/C20H19N3O5/c1-3-28-19(25)20(2)13-17(18(24)22(20)15-7-5-4-6-8-15)21-14-9-11-16(12-10-14)23(26)27/h4-13,21H,3H2,1-2H3/t20-/m0/s1. The van der Waals surface area contributed by atoms with Gasteiger partial charge in [-0.1, -0.05) is 18.2 Å². The van der Waals surface area contributed by atoms with E-state index in [0.29, 0.717) is 11.4 Å². The number of nitro groups is 1. The molecule has 1 heterocycles. The molecule has 0 aromatic heterocycles. The highest BCUT2D eigenvalue weighted by Gasteiger charge is 2.49. The van der Waals surface area contributed by atoms with E-state index in [0.717, 1.165) is 0 Å². The van der Waals surface area contributed by atoms with Crippen molar-refractivity contribution < 1.29 is 19.2 Å². The van der Waals surface area contributed by atoms with Crippen LogP contribution in [-0.4, -0.2) is 28.9 Å². The molecule has 0 spiro atoms. The Morgan fingerprint density at radius 3 is 2.39 bits per heavy atom. The van der Waals surface area contributed by atoms with Crippen LogP contribution >= 0.6 is 0 Å². The molecule has 8 heteroatoms. The number of rotatable bonds is 6. The minimum Gasteiger partial charge on any atom is -0.464 e. The Labute approximate surface area is 161 Å². The molecule has 1 atom stereocenters. The third-order valence-electron chi connectivity index (χ3n) is 4.38. The summed E-state index contributed by atoms with van der Waals surface area (Å²) in [5.74, 6) is -0.951. The maximum Gasteiger partial charge on any atom is 0.336 e. The minimum atomic E-state index is -1.32. The van der Waals surface area contributed by atoms with Crippen LogP contribution in [0.25, 0.3) is 0 Å². The fraction of sp³-hybridized carbons (Fsp3) is 0.200. The molecule has 28 heavy (non-hydrogen) atoms. The molecule has 0 saturated heterocycles. The lowest BCUT2D eigenvalue weighted by molar-refractivity contribution is -0.384. The number of benzene rings is 2. The van der Waals surface area contributed by atoms with Gasteiger partial charge in [-0.25, -0.2) is 4.79 Å². The highest BCUT2D eigenvalue weighted by molar-refractivity contribution is 6.16. The summed E-state index contributed by atoms with van der Waals surface area (Å²) in [6, 6.07) is 14.5. The molecule has 1 amide bonds. The number of carbonyl (C=O) groups is 2. The number of amides is 1. The number of nitrogens with zero attached hydrogens (tertiary/aromatic N) is 2. The van der Waals surface area contributed by atoms with E-state index in [9.17, 15) is 19.7 Å². The molecule has 2 aromatic rings. The Kier molecular flexibility index (Phi) is 5.12. The molecular formula is C20H19N3O5. The van der Waals surface area contributed by atoms with E-state index in [2.05, 4.69) is 5.32 Å². The second kappa shape index (κ2) is 7.51. The second-order valence-corrected chi connectivity index (χ2v) is 6.33. The number of nitrogens with one attached hydrogen (secondary N) is 1. The molecule has 1 N–H and O–H groups in total. The van der Waals surface area contributed by atoms with Crippen LogP contribution in [0.1, 0.15) is 13.8 Å². The van der Waals surface area contributed by atoms with Gasteiger partial charge in [-0.05, 0) is 44.2 Å². The van der Waals surface area contributed by atoms with Gasteiger partial charge < -0.3 is 10.1 Å². The molecule has 3 rings (SSSR count). The summed E-state index contributed by atoms with van der Waals surface area (Å²) >= 11 is 0. The zero-order chi connectivity index (χ0) is 20.3. The van der Waals surface area contributed by atoms with Gasteiger partial charge in [0.2, 0.25) is 0 Å². The molecule has 144 valence electrons. The van der Waals surface area contributed by atoms with E-state index in [1.807, 2.05) is 6.07 Å². The van der Waals surface area contributed by atoms with Crippen LogP contribution in [0.15, 0.2) is 66.4 Å². The maximum absolute atomic E-state index is 13.1. The fourth-order valence-electron chi connectivity index (χ4n) is 3.04. The van der Waals surface area contributed by atoms with E-state index in [1.165, 1.54) is 35.2 Å². The maximum atomic E-state index is 13.1. The predicted octanol–water partition coefficient (Wildman–Crippen LogP) is 3.26. The van der Waals surface area contributed by atoms with E-state index in [-0.39, 0.29) is 18.0 Å². The number of nitro benzene ring substituents is 1. The van der Waals surface area contributed by atoms with Gasteiger partial charge in [-0.2, -0.15) is 0 Å². The van der Waals surface area contributed by atoms with Gasteiger partial charge in [0.15, 0.2) is 5.54 Å². The number of non-ortho nitro benzene ring substituents is 1.